The molecule has 3 rings (SSSR count). The lowest BCUT2D eigenvalue weighted by Gasteiger charge is -2.06. The smallest absolute Gasteiger partial charge is 0.260 e. The highest BCUT2D eigenvalue weighted by atomic mass is 35.5. The Balaban J connectivity index is 1.62. The van der Waals surface area contributed by atoms with E-state index in [-0.39, 0.29) is 12.2 Å². The first-order valence-electron chi connectivity index (χ1n) is 6.89. The van der Waals surface area contributed by atoms with Crippen molar-refractivity contribution < 1.29 is 4.74 Å². The van der Waals surface area contributed by atoms with E-state index in [1.165, 1.54) is 0 Å². The van der Waals surface area contributed by atoms with Crippen LogP contribution in [0.25, 0.3) is 11.0 Å². The van der Waals surface area contributed by atoms with Gasteiger partial charge < -0.3 is 9.72 Å². The zero-order valence-corrected chi connectivity index (χ0v) is 12.5. The van der Waals surface area contributed by atoms with Crippen molar-refractivity contribution in [3.63, 3.8) is 0 Å². The van der Waals surface area contributed by atoms with Gasteiger partial charge in [0.05, 0.1) is 12.0 Å². The summed E-state index contributed by atoms with van der Waals surface area (Å²) in [5.41, 5.74) is 1.25. The molecule has 1 N–H and O–H groups in total. The third-order valence-corrected chi connectivity index (χ3v) is 3.61. The van der Waals surface area contributed by atoms with Crippen molar-refractivity contribution >= 4 is 22.6 Å². The second-order valence-corrected chi connectivity index (χ2v) is 5.19. The number of hydrogen-bond donors (Lipinski definition) is 1. The number of aromatic nitrogens is 3. The average molecular weight is 316 g/mol. The molecule has 6 heteroatoms. The molecule has 112 valence electrons. The molecule has 0 radical (unpaired) electrons. The highest BCUT2D eigenvalue weighted by molar-refractivity contribution is 6.31. The number of halogens is 1. The minimum Gasteiger partial charge on any atom is -0.373 e. The number of nitrogens with zero attached hydrogens (tertiary/aromatic N) is 2. The summed E-state index contributed by atoms with van der Waals surface area (Å²) < 4.78 is 5.56. The number of aromatic amines is 1. The van der Waals surface area contributed by atoms with Crippen molar-refractivity contribution in [2.75, 3.05) is 6.61 Å². The van der Waals surface area contributed by atoms with Crippen LogP contribution in [0.1, 0.15) is 11.4 Å². The first-order valence-corrected chi connectivity index (χ1v) is 7.27. The fourth-order valence-electron chi connectivity index (χ4n) is 2.14. The Bertz CT molecular complexity index is 848. The number of fused-ring (bicyclic) bond motifs is 1. The van der Waals surface area contributed by atoms with Crippen LogP contribution >= 0.6 is 11.6 Å². The van der Waals surface area contributed by atoms with Gasteiger partial charge in [-0.25, -0.2) is 9.97 Å². The number of rotatable bonds is 5. The molecule has 0 saturated carbocycles. The lowest BCUT2D eigenvalue weighted by atomic mass is 10.2. The van der Waals surface area contributed by atoms with Crippen LogP contribution in [0, 0.1) is 0 Å². The Kier molecular flexibility index (Phi) is 4.46. The minimum absolute atomic E-state index is 0.206. The van der Waals surface area contributed by atoms with Crippen LogP contribution in [0.3, 0.4) is 0 Å². The molecule has 0 amide bonds. The molecule has 0 fully saturated rings. The van der Waals surface area contributed by atoms with Crippen molar-refractivity contribution in [3.05, 3.63) is 69.4 Å². The van der Waals surface area contributed by atoms with Gasteiger partial charge in [0, 0.05) is 11.2 Å². The van der Waals surface area contributed by atoms with E-state index < -0.39 is 0 Å². The molecule has 5 nitrogen and oxygen atoms in total. The molecule has 0 atom stereocenters. The molecule has 0 spiro atoms. The van der Waals surface area contributed by atoms with Crippen molar-refractivity contribution in [2.45, 2.75) is 13.0 Å². The molecule has 0 bridgehead atoms. The third-order valence-electron chi connectivity index (χ3n) is 3.24. The molecular weight excluding hydrogens is 302 g/mol. The first kappa shape index (κ1) is 14.7. The minimum atomic E-state index is -0.206. The molecular formula is C16H14ClN3O2. The number of pyridine rings is 1. The zero-order valence-electron chi connectivity index (χ0n) is 11.8. The number of H-pyrrole nitrogens is 1. The van der Waals surface area contributed by atoms with Gasteiger partial charge in [-0.1, -0.05) is 29.8 Å². The topological polar surface area (TPSA) is 67.9 Å². The van der Waals surface area contributed by atoms with Gasteiger partial charge in [-0.15, -0.1) is 0 Å². The Morgan fingerprint density at radius 1 is 1.18 bits per heavy atom. The summed E-state index contributed by atoms with van der Waals surface area (Å²) in [6.07, 6.45) is 2.31. The summed E-state index contributed by atoms with van der Waals surface area (Å²) in [5, 5.41) is 1.20. The van der Waals surface area contributed by atoms with Gasteiger partial charge in [0.1, 0.15) is 12.4 Å². The van der Waals surface area contributed by atoms with Gasteiger partial charge in [-0.2, -0.15) is 0 Å². The maximum atomic E-state index is 11.9. The number of benzene rings is 1. The quantitative estimate of drug-likeness (QED) is 0.735. The largest absolute Gasteiger partial charge is 0.373 e. The maximum absolute atomic E-state index is 11.9. The van der Waals surface area contributed by atoms with E-state index in [1.807, 2.05) is 24.3 Å². The van der Waals surface area contributed by atoms with Crippen LogP contribution in [0.15, 0.2) is 47.4 Å². The average Bonchev–Trinajstić information content (AvgIpc) is 2.53. The lowest BCUT2D eigenvalue weighted by molar-refractivity contribution is 0.118. The Labute approximate surface area is 132 Å². The summed E-state index contributed by atoms with van der Waals surface area (Å²) in [4.78, 5) is 23.0. The van der Waals surface area contributed by atoms with Crippen LogP contribution in [0.2, 0.25) is 5.02 Å². The van der Waals surface area contributed by atoms with E-state index in [2.05, 4.69) is 15.0 Å². The SMILES string of the molecule is O=c1[nH]c(COCCc2ccccc2Cl)nc2ncccc12. The summed E-state index contributed by atoms with van der Waals surface area (Å²) >= 11 is 6.08. The fraction of sp³-hybridized carbons (Fsp3) is 0.188. The molecule has 1 aromatic carbocycles. The number of nitrogens with one attached hydrogen (secondary N) is 1. The maximum Gasteiger partial charge on any atom is 0.260 e. The van der Waals surface area contributed by atoms with E-state index in [4.69, 9.17) is 16.3 Å². The van der Waals surface area contributed by atoms with Crippen LogP contribution < -0.4 is 5.56 Å². The monoisotopic (exact) mass is 315 g/mol. The molecule has 2 heterocycles. The highest BCUT2D eigenvalue weighted by Crippen LogP contribution is 2.15. The van der Waals surface area contributed by atoms with E-state index in [1.54, 1.807) is 18.3 Å². The van der Waals surface area contributed by atoms with Crippen LogP contribution in [-0.4, -0.2) is 21.6 Å². The third kappa shape index (κ3) is 3.32. The number of hydrogen-bond acceptors (Lipinski definition) is 4. The van der Waals surface area contributed by atoms with E-state index in [9.17, 15) is 4.79 Å². The molecule has 22 heavy (non-hydrogen) atoms. The van der Waals surface area contributed by atoms with E-state index in [0.717, 1.165) is 10.6 Å². The van der Waals surface area contributed by atoms with E-state index >= 15 is 0 Å². The zero-order chi connectivity index (χ0) is 15.4. The Morgan fingerprint density at radius 2 is 2.05 bits per heavy atom. The predicted octanol–water partition coefficient (Wildman–Crippen LogP) is 2.73. The molecule has 0 aliphatic rings. The van der Waals surface area contributed by atoms with Crippen molar-refractivity contribution in [1.82, 2.24) is 15.0 Å². The molecule has 0 saturated heterocycles. The second kappa shape index (κ2) is 6.68. The van der Waals surface area contributed by atoms with Gasteiger partial charge in [-0.3, -0.25) is 4.79 Å². The summed E-state index contributed by atoms with van der Waals surface area (Å²) in [6, 6.07) is 11.0. The lowest BCUT2D eigenvalue weighted by Crippen LogP contribution is -2.13. The van der Waals surface area contributed by atoms with Gasteiger partial charge in [0.15, 0.2) is 5.65 Å². The van der Waals surface area contributed by atoms with Gasteiger partial charge >= 0.3 is 0 Å². The molecule has 0 aliphatic heterocycles. The first-order chi connectivity index (χ1) is 10.7. The molecule has 0 unspecified atom stereocenters. The van der Waals surface area contributed by atoms with Crippen LogP contribution in [-0.2, 0) is 17.8 Å². The van der Waals surface area contributed by atoms with Crippen LogP contribution in [0.4, 0.5) is 0 Å². The van der Waals surface area contributed by atoms with Gasteiger partial charge in [0.25, 0.3) is 5.56 Å². The second-order valence-electron chi connectivity index (χ2n) is 4.78. The number of ether oxygens (including phenoxy) is 1. The highest BCUT2D eigenvalue weighted by Gasteiger charge is 2.05. The molecule has 3 aromatic rings. The van der Waals surface area contributed by atoms with Crippen LogP contribution in [0.5, 0.6) is 0 Å². The summed E-state index contributed by atoms with van der Waals surface area (Å²) in [7, 11) is 0. The van der Waals surface area contributed by atoms with Gasteiger partial charge in [0.2, 0.25) is 0 Å². The Hall–Kier alpha value is -2.24. The predicted molar refractivity (Wildman–Crippen MR) is 85.0 cm³/mol. The molecule has 2 aromatic heterocycles. The summed E-state index contributed by atoms with van der Waals surface area (Å²) in [6.45, 7) is 0.722. The summed E-state index contributed by atoms with van der Waals surface area (Å²) in [5.74, 6) is 0.468. The fourth-order valence-corrected chi connectivity index (χ4v) is 2.37. The van der Waals surface area contributed by atoms with E-state index in [0.29, 0.717) is 29.9 Å². The Morgan fingerprint density at radius 3 is 2.91 bits per heavy atom. The normalized spacial score (nSPS) is 11.0. The molecule has 0 aliphatic carbocycles. The standard InChI is InChI=1S/C16H14ClN3O2/c17-13-6-2-1-4-11(13)7-9-22-10-14-19-15-12(16(21)20-14)5-3-8-18-15/h1-6,8H,7,9-10H2,(H,18,19,20,21). The van der Waals surface area contributed by atoms with Gasteiger partial charge in [-0.05, 0) is 30.2 Å². The van der Waals surface area contributed by atoms with Crippen molar-refractivity contribution in [3.8, 4) is 0 Å². The van der Waals surface area contributed by atoms with Crippen molar-refractivity contribution in [2.24, 2.45) is 0 Å². The van der Waals surface area contributed by atoms with Crippen molar-refractivity contribution in [1.29, 1.82) is 0 Å².